The Morgan fingerprint density at radius 1 is 0.596 bits per heavy atom. The maximum Gasteiger partial charge on any atom is 0.230 e. The number of nitrogens with zero attached hydrogens (tertiary/aromatic N) is 8. The Kier molecular flexibility index (Phi) is 9.12. The van der Waals surface area contributed by atoms with Crippen molar-refractivity contribution in [2.24, 2.45) is 30.7 Å². The lowest BCUT2D eigenvalue weighted by molar-refractivity contribution is 0.949. The predicted molar refractivity (Wildman–Crippen MR) is 194 cm³/mol. The highest BCUT2D eigenvalue weighted by atomic mass is 32.1. The molecule has 0 amide bonds. The van der Waals surface area contributed by atoms with Crippen molar-refractivity contribution >= 4 is 60.6 Å². The number of azo groups is 3. The highest BCUT2D eigenvalue weighted by Crippen LogP contribution is 2.36. The van der Waals surface area contributed by atoms with Gasteiger partial charge < -0.3 is 4.90 Å². The first-order valence-electron chi connectivity index (χ1n) is 15.5. The summed E-state index contributed by atoms with van der Waals surface area (Å²) in [4.78, 5) is 7.09. The zero-order valence-corrected chi connectivity index (χ0v) is 27.7. The maximum atomic E-state index is 4.68. The number of hydrogen-bond acceptors (Lipinski definition) is 10. The molecule has 0 atom stereocenters. The number of benzene rings is 4. The Bertz CT molecular complexity index is 2070. The minimum atomic E-state index is 0.607. The number of anilines is 1. The molecule has 1 aliphatic rings. The van der Waals surface area contributed by atoms with E-state index in [2.05, 4.69) is 83.0 Å². The van der Waals surface area contributed by atoms with E-state index in [1.165, 1.54) is 40.3 Å². The van der Waals surface area contributed by atoms with E-state index in [0.717, 1.165) is 63.2 Å². The van der Waals surface area contributed by atoms with Gasteiger partial charge in [0.2, 0.25) is 5.13 Å². The summed E-state index contributed by atoms with van der Waals surface area (Å²) in [6, 6.07) is 34.5. The van der Waals surface area contributed by atoms with Gasteiger partial charge in [-0.2, -0.15) is 10.2 Å². The zero-order valence-electron chi connectivity index (χ0n) is 26.1. The quantitative estimate of drug-likeness (QED) is 0.145. The molecule has 0 aliphatic carbocycles. The Hall–Kier alpha value is -5.19. The standard InChI is InChI=1S/C37H32N8S2/c1-25-23-31(40-43-35-18-19-36(47-35)45-20-6-7-21-45)15-16-32(25)41-39-30-14-17-33(26(2)22-30)42-44-37-38-34(24-46-37)29-12-10-28(11-13-29)27-8-4-3-5-9-27/h3-5,8-19,22-24H,6-7,20-21H2,1-2H3. The van der Waals surface area contributed by atoms with Crippen LogP contribution in [-0.4, -0.2) is 18.1 Å². The summed E-state index contributed by atoms with van der Waals surface area (Å²) in [6.45, 7) is 6.24. The first kappa shape index (κ1) is 30.5. The van der Waals surface area contributed by atoms with Gasteiger partial charge in [-0.05, 0) is 97.5 Å². The lowest BCUT2D eigenvalue weighted by Crippen LogP contribution is -2.15. The van der Waals surface area contributed by atoms with Crippen LogP contribution >= 0.6 is 22.7 Å². The molecule has 1 saturated heterocycles. The van der Waals surface area contributed by atoms with Crippen LogP contribution in [0.25, 0.3) is 22.4 Å². The molecule has 0 bridgehead atoms. The fraction of sp³-hybridized carbons (Fsp3) is 0.162. The molecule has 0 radical (unpaired) electrons. The van der Waals surface area contributed by atoms with Crippen molar-refractivity contribution in [3.05, 3.63) is 120 Å². The van der Waals surface area contributed by atoms with Crippen LogP contribution in [0.5, 0.6) is 0 Å². The molecule has 0 saturated carbocycles. The van der Waals surface area contributed by atoms with E-state index >= 15 is 0 Å². The molecule has 0 N–H and O–H groups in total. The van der Waals surface area contributed by atoms with Gasteiger partial charge in [-0.1, -0.05) is 65.9 Å². The van der Waals surface area contributed by atoms with Gasteiger partial charge in [-0.15, -0.1) is 31.8 Å². The van der Waals surface area contributed by atoms with E-state index in [4.69, 9.17) is 0 Å². The number of thiophene rings is 1. The summed E-state index contributed by atoms with van der Waals surface area (Å²) in [5, 5.41) is 31.5. The van der Waals surface area contributed by atoms with Gasteiger partial charge in [0.1, 0.15) is 5.00 Å². The fourth-order valence-electron chi connectivity index (χ4n) is 5.33. The molecule has 1 aliphatic heterocycles. The van der Waals surface area contributed by atoms with Crippen LogP contribution in [0.2, 0.25) is 0 Å². The van der Waals surface area contributed by atoms with Crippen LogP contribution in [0.1, 0.15) is 24.0 Å². The summed E-state index contributed by atoms with van der Waals surface area (Å²) in [6.07, 6.45) is 2.52. The highest BCUT2D eigenvalue weighted by Gasteiger charge is 2.14. The Balaban J connectivity index is 0.967. The van der Waals surface area contributed by atoms with Gasteiger partial charge >= 0.3 is 0 Å². The van der Waals surface area contributed by atoms with Crippen molar-refractivity contribution < 1.29 is 0 Å². The predicted octanol–water partition coefficient (Wildman–Crippen LogP) is 13.0. The fourth-order valence-corrected chi connectivity index (χ4v) is 6.85. The van der Waals surface area contributed by atoms with Gasteiger partial charge in [0.15, 0.2) is 0 Å². The number of rotatable bonds is 9. The van der Waals surface area contributed by atoms with E-state index < -0.39 is 0 Å². The second-order valence-electron chi connectivity index (χ2n) is 11.3. The topological polar surface area (TPSA) is 90.3 Å². The van der Waals surface area contributed by atoms with Crippen molar-refractivity contribution in [2.75, 3.05) is 18.0 Å². The average Bonchev–Trinajstić information content (AvgIpc) is 3.90. The molecule has 8 nitrogen and oxygen atoms in total. The van der Waals surface area contributed by atoms with Crippen LogP contribution < -0.4 is 4.90 Å². The number of thiazole rings is 1. The van der Waals surface area contributed by atoms with Crippen molar-refractivity contribution in [3.8, 4) is 22.4 Å². The summed E-state index contributed by atoms with van der Waals surface area (Å²) in [5.74, 6) is 0. The average molecular weight is 653 g/mol. The highest BCUT2D eigenvalue weighted by molar-refractivity contribution is 7.19. The first-order chi connectivity index (χ1) is 23.1. The van der Waals surface area contributed by atoms with Crippen LogP contribution in [-0.2, 0) is 0 Å². The lowest BCUT2D eigenvalue weighted by atomic mass is 10.0. The summed E-state index contributed by atoms with van der Waals surface area (Å²) < 4.78 is 0. The van der Waals surface area contributed by atoms with Crippen LogP contribution in [0.15, 0.2) is 139 Å². The molecule has 1 fully saturated rings. The second kappa shape index (κ2) is 14.1. The number of hydrogen-bond donors (Lipinski definition) is 0. The summed E-state index contributed by atoms with van der Waals surface area (Å²) in [7, 11) is 0. The first-order valence-corrected chi connectivity index (χ1v) is 17.2. The number of aryl methyl sites for hydroxylation is 2. The number of aromatic nitrogens is 1. The Labute approximate surface area is 282 Å². The molecular formula is C37H32N8S2. The van der Waals surface area contributed by atoms with E-state index in [9.17, 15) is 0 Å². The third-order valence-electron chi connectivity index (χ3n) is 7.92. The molecule has 0 spiro atoms. The SMILES string of the molecule is Cc1cc(N=Nc2ccc(N3CCCC3)s2)ccc1N=Nc1ccc(N=Nc2nc(-c3ccc(-c4ccccc4)cc3)cs2)c(C)c1. The summed E-state index contributed by atoms with van der Waals surface area (Å²) in [5.41, 5.74) is 9.31. The van der Waals surface area contributed by atoms with Crippen LogP contribution in [0, 0.1) is 13.8 Å². The second-order valence-corrected chi connectivity index (χ2v) is 13.2. The minimum Gasteiger partial charge on any atom is -0.363 e. The molecule has 47 heavy (non-hydrogen) atoms. The van der Waals surface area contributed by atoms with Crippen molar-refractivity contribution in [1.82, 2.24) is 4.98 Å². The molecule has 7 rings (SSSR count). The lowest BCUT2D eigenvalue weighted by Gasteiger charge is -2.13. The van der Waals surface area contributed by atoms with Crippen molar-refractivity contribution in [2.45, 2.75) is 26.7 Å². The largest absolute Gasteiger partial charge is 0.363 e. The van der Waals surface area contributed by atoms with Crippen LogP contribution in [0.4, 0.5) is 37.9 Å². The van der Waals surface area contributed by atoms with E-state index in [0.29, 0.717) is 5.13 Å². The van der Waals surface area contributed by atoms with Crippen molar-refractivity contribution in [3.63, 3.8) is 0 Å². The van der Waals surface area contributed by atoms with Crippen molar-refractivity contribution in [1.29, 1.82) is 0 Å². The van der Waals surface area contributed by atoms with E-state index in [1.54, 1.807) is 11.3 Å². The molecule has 2 aromatic heterocycles. The molecule has 10 heteroatoms. The molecule has 6 aromatic rings. The third kappa shape index (κ3) is 7.45. The Morgan fingerprint density at radius 2 is 1.21 bits per heavy atom. The van der Waals surface area contributed by atoms with Gasteiger partial charge in [0, 0.05) is 24.0 Å². The molecule has 3 heterocycles. The van der Waals surface area contributed by atoms with E-state index in [-0.39, 0.29) is 0 Å². The molecule has 0 unspecified atom stereocenters. The Morgan fingerprint density at radius 3 is 1.89 bits per heavy atom. The zero-order chi connectivity index (χ0) is 32.0. The smallest absolute Gasteiger partial charge is 0.230 e. The molecule has 232 valence electrons. The van der Waals surface area contributed by atoms with Gasteiger partial charge in [0.05, 0.1) is 33.4 Å². The van der Waals surface area contributed by atoms with Gasteiger partial charge in [-0.3, -0.25) is 0 Å². The molecular weight excluding hydrogens is 621 g/mol. The maximum absolute atomic E-state index is 4.68. The van der Waals surface area contributed by atoms with Gasteiger partial charge in [0.25, 0.3) is 0 Å². The summed E-state index contributed by atoms with van der Waals surface area (Å²) >= 11 is 3.15. The minimum absolute atomic E-state index is 0.607. The monoisotopic (exact) mass is 652 g/mol. The van der Waals surface area contributed by atoms with Gasteiger partial charge in [-0.25, -0.2) is 4.98 Å². The molecule has 4 aromatic carbocycles. The third-order valence-corrected chi connectivity index (χ3v) is 9.67. The van der Waals surface area contributed by atoms with Crippen LogP contribution in [0.3, 0.4) is 0 Å². The normalized spacial score (nSPS) is 13.5. The van der Waals surface area contributed by atoms with E-state index in [1.807, 2.05) is 79.9 Å².